The third kappa shape index (κ3) is 6.27. The van der Waals surface area contributed by atoms with E-state index in [1.165, 1.54) is 24.9 Å². The minimum Gasteiger partial charge on any atom is -0.497 e. The van der Waals surface area contributed by atoms with E-state index >= 15 is 0 Å². The average Bonchev–Trinajstić information content (AvgIpc) is 2.78. The Bertz CT molecular complexity index is 662. The number of nitrogens with zero attached hydrogens (tertiary/aromatic N) is 3. The van der Waals surface area contributed by atoms with Gasteiger partial charge in [0, 0.05) is 57.9 Å². The first-order valence-corrected chi connectivity index (χ1v) is 10.8. The van der Waals surface area contributed by atoms with Crippen LogP contribution in [0.25, 0.3) is 0 Å². The van der Waals surface area contributed by atoms with Gasteiger partial charge >= 0.3 is 0 Å². The molecule has 1 heterocycles. The fourth-order valence-electron chi connectivity index (χ4n) is 4.14. The summed E-state index contributed by atoms with van der Waals surface area (Å²) in [6.07, 6.45) is 6.51. The van der Waals surface area contributed by atoms with Crippen molar-refractivity contribution in [3.05, 3.63) is 24.3 Å². The Morgan fingerprint density at radius 2 is 1.79 bits per heavy atom. The van der Waals surface area contributed by atoms with Crippen molar-refractivity contribution in [1.29, 1.82) is 0 Å². The van der Waals surface area contributed by atoms with Gasteiger partial charge in [0.15, 0.2) is 5.96 Å². The van der Waals surface area contributed by atoms with Crippen LogP contribution in [0.2, 0.25) is 0 Å². The van der Waals surface area contributed by atoms with E-state index in [0.29, 0.717) is 19.0 Å². The second-order valence-corrected chi connectivity index (χ2v) is 7.80. The molecule has 1 aliphatic carbocycles. The Kier molecular flexibility index (Phi) is 8.02. The molecule has 29 heavy (non-hydrogen) atoms. The van der Waals surface area contributed by atoms with Crippen LogP contribution in [0.5, 0.6) is 5.75 Å². The number of rotatable bonds is 6. The molecular weight excluding hydrogens is 366 g/mol. The van der Waals surface area contributed by atoms with E-state index in [4.69, 9.17) is 4.74 Å². The number of ether oxygens (including phenoxy) is 1. The van der Waals surface area contributed by atoms with Crippen LogP contribution in [0.3, 0.4) is 0 Å². The zero-order chi connectivity index (χ0) is 20.5. The Morgan fingerprint density at radius 1 is 1.10 bits per heavy atom. The molecule has 1 aromatic rings. The number of carbonyl (C=O) groups excluding carboxylic acids is 1. The van der Waals surface area contributed by atoms with Crippen LogP contribution in [0, 0.1) is 0 Å². The number of nitrogens with one attached hydrogen (secondary N) is 2. The average molecular weight is 402 g/mol. The number of amides is 1. The highest BCUT2D eigenvalue weighted by Gasteiger charge is 2.20. The summed E-state index contributed by atoms with van der Waals surface area (Å²) >= 11 is 0. The van der Waals surface area contributed by atoms with Gasteiger partial charge in [-0.25, -0.2) is 0 Å². The van der Waals surface area contributed by atoms with E-state index in [9.17, 15) is 4.79 Å². The highest BCUT2D eigenvalue weighted by Crippen LogP contribution is 2.20. The Hall–Kier alpha value is -2.44. The van der Waals surface area contributed by atoms with Crippen molar-refractivity contribution < 1.29 is 9.53 Å². The number of hydrogen-bond donors (Lipinski definition) is 2. The topological polar surface area (TPSA) is 69.2 Å². The van der Waals surface area contributed by atoms with E-state index in [0.717, 1.165) is 50.7 Å². The van der Waals surface area contributed by atoms with Crippen molar-refractivity contribution in [2.24, 2.45) is 4.99 Å². The lowest BCUT2D eigenvalue weighted by Crippen LogP contribution is -2.53. The monoisotopic (exact) mass is 401 g/mol. The first kappa shape index (κ1) is 21.3. The van der Waals surface area contributed by atoms with E-state index in [1.54, 1.807) is 14.2 Å². The largest absolute Gasteiger partial charge is 0.497 e. The Morgan fingerprint density at radius 3 is 2.41 bits per heavy atom. The van der Waals surface area contributed by atoms with Gasteiger partial charge < -0.3 is 25.2 Å². The number of piperazine rings is 1. The van der Waals surface area contributed by atoms with Gasteiger partial charge in [-0.1, -0.05) is 19.3 Å². The number of benzene rings is 1. The van der Waals surface area contributed by atoms with E-state index < -0.39 is 0 Å². The molecular formula is C22H35N5O2. The number of anilines is 1. The SMILES string of the molecule is CN=C(NCCC(=O)NC1CCCCC1)N1CCN(c2ccc(OC)cc2)CC1. The predicted molar refractivity (Wildman–Crippen MR) is 118 cm³/mol. The van der Waals surface area contributed by atoms with Crippen LogP contribution >= 0.6 is 0 Å². The smallest absolute Gasteiger partial charge is 0.221 e. The summed E-state index contributed by atoms with van der Waals surface area (Å²) < 4.78 is 5.24. The molecule has 2 aliphatic rings. The second kappa shape index (κ2) is 10.9. The molecule has 7 nitrogen and oxygen atoms in total. The summed E-state index contributed by atoms with van der Waals surface area (Å²) in [5.74, 6) is 1.90. The summed E-state index contributed by atoms with van der Waals surface area (Å²) in [6.45, 7) is 4.30. The molecule has 1 aliphatic heterocycles. The van der Waals surface area contributed by atoms with Gasteiger partial charge in [0.25, 0.3) is 0 Å². The van der Waals surface area contributed by atoms with E-state index in [1.807, 2.05) is 12.1 Å². The summed E-state index contributed by atoms with van der Waals surface area (Å²) in [5.41, 5.74) is 1.22. The Labute approximate surface area is 174 Å². The number of guanidine groups is 1. The van der Waals surface area contributed by atoms with Gasteiger partial charge in [-0.15, -0.1) is 0 Å². The number of carbonyl (C=O) groups is 1. The van der Waals surface area contributed by atoms with Crippen molar-refractivity contribution in [2.75, 3.05) is 51.8 Å². The van der Waals surface area contributed by atoms with Crippen LogP contribution < -0.4 is 20.3 Å². The highest BCUT2D eigenvalue weighted by molar-refractivity contribution is 5.81. The summed E-state index contributed by atoms with van der Waals surface area (Å²) in [5, 5.41) is 6.53. The number of methoxy groups -OCH3 is 1. The fourth-order valence-corrected chi connectivity index (χ4v) is 4.14. The van der Waals surface area contributed by atoms with E-state index in [2.05, 4.69) is 37.6 Å². The molecule has 0 atom stereocenters. The van der Waals surface area contributed by atoms with Gasteiger partial charge in [0.1, 0.15) is 5.75 Å². The van der Waals surface area contributed by atoms with Crippen LogP contribution in [0.1, 0.15) is 38.5 Å². The lowest BCUT2D eigenvalue weighted by molar-refractivity contribution is -0.121. The zero-order valence-corrected chi connectivity index (χ0v) is 17.8. The molecule has 0 bridgehead atoms. The molecule has 0 aromatic heterocycles. The quantitative estimate of drug-likeness (QED) is 0.565. The number of aliphatic imine (C=N–C) groups is 1. The van der Waals surface area contributed by atoms with Crippen LogP contribution in [0.15, 0.2) is 29.3 Å². The lowest BCUT2D eigenvalue weighted by Gasteiger charge is -2.37. The summed E-state index contributed by atoms with van der Waals surface area (Å²) in [7, 11) is 3.49. The van der Waals surface area contributed by atoms with Crippen molar-refractivity contribution >= 4 is 17.6 Å². The standard InChI is InChI=1S/C22H35N5O2/c1-23-22(24-13-12-21(28)25-18-6-4-3-5-7-18)27-16-14-26(15-17-27)19-8-10-20(29-2)11-9-19/h8-11,18H,3-7,12-17H2,1-2H3,(H,23,24)(H,25,28). The van der Waals surface area contributed by atoms with Gasteiger partial charge in [0.2, 0.25) is 5.91 Å². The zero-order valence-electron chi connectivity index (χ0n) is 17.8. The molecule has 1 saturated carbocycles. The molecule has 2 N–H and O–H groups in total. The summed E-state index contributed by atoms with van der Waals surface area (Å²) in [4.78, 5) is 21.2. The van der Waals surface area contributed by atoms with Crippen molar-refractivity contribution in [3.8, 4) is 5.75 Å². The Balaban J connectivity index is 1.38. The molecule has 0 spiro atoms. The van der Waals surface area contributed by atoms with Gasteiger partial charge in [-0.05, 0) is 37.1 Å². The van der Waals surface area contributed by atoms with Crippen LogP contribution in [0.4, 0.5) is 5.69 Å². The maximum absolute atomic E-state index is 12.2. The first-order chi connectivity index (χ1) is 14.2. The van der Waals surface area contributed by atoms with E-state index in [-0.39, 0.29) is 5.91 Å². The first-order valence-electron chi connectivity index (χ1n) is 10.8. The maximum Gasteiger partial charge on any atom is 0.221 e. The second-order valence-electron chi connectivity index (χ2n) is 7.80. The van der Waals surface area contributed by atoms with Crippen LogP contribution in [-0.4, -0.2) is 69.7 Å². The molecule has 1 saturated heterocycles. The van der Waals surface area contributed by atoms with Gasteiger partial charge in [-0.3, -0.25) is 9.79 Å². The normalized spacial score (nSPS) is 18.5. The van der Waals surface area contributed by atoms with Crippen molar-refractivity contribution in [3.63, 3.8) is 0 Å². The molecule has 1 aromatic carbocycles. The maximum atomic E-state index is 12.2. The molecule has 0 radical (unpaired) electrons. The molecule has 0 unspecified atom stereocenters. The molecule has 3 rings (SSSR count). The van der Waals surface area contributed by atoms with Crippen molar-refractivity contribution in [1.82, 2.24) is 15.5 Å². The van der Waals surface area contributed by atoms with Crippen molar-refractivity contribution in [2.45, 2.75) is 44.6 Å². The third-order valence-corrected chi connectivity index (χ3v) is 5.83. The fraction of sp³-hybridized carbons (Fsp3) is 0.636. The minimum atomic E-state index is 0.143. The predicted octanol–water partition coefficient (Wildman–Crippen LogP) is 2.23. The lowest BCUT2D eigenvalue weighted by atomic mass is 9.95. The van der Waals surface area contributed by atoms with Crippen LogP contribution in [-0.2, 0) is 4.79 Å². The van der Waals surface area contributed by atoms with Gasteiger partial charge in [0.05, 0.1) is 7.11 Å². The minimum absolute atomic E-state index is 0.143. The molecule has 7 heteroatoms. The highest BCUT2D eigenvalue weighted by atomic mass is 16.5. The third-order valence-electron chi connectivity index (χ3n) is 5.83. The molecule has 2 fully saturated rings. The molecule has 160 valence electrons. The number of hydrogen-bond acceptors (Lipinski definition) is 4. The van der Waals surface area contributed by atoms with Gasteiger partial charge in [-0.2, -0.15) is 0 Å². The molecule has 1 amide bonds. The summed E-state index contributed by atoms with van der Waals surface area (Å²) in [6, 6.07) is 8.58.